The van der Waals surface area contributed by atoms with Crippen molar-refractivity contribution in [3.8, 4) is 5.75 Å². The van der Waals surface area contributed by atoms with Crippen LogP contribution in [0.25, 0.3) is 0 Å². The fourth-order valence-electron chi connectivity index (χ4n) is 4.78. The van der Waals surface area contributed by atoms with E-state index in [2.05, 4.69) is 36.9 Å². The first-order valence-corrected chi connectivity index (χ1v) is 12.4. The van der Waals surface area contributed by atoms with Crippen LogP contribution < -0.4 is 4.74 Å². The van der Waals surface area contributed by atoms with Gasteiger partial charge in [0.05, 0.1) is 25.9 Å². The van der Waals surface area contributed by atoms with E-state index >= 15 is 0 Å². The van der Waals surface area contributed by atoms with Gasteiger partial charge in [0.15, 0.2) is 0 Å². The van der Waals surface area contributed by atoms with Crippen molar-refractivity contribution in [1.29, 1.82) is 0 Å². The zero-order valence-electron chi connectivity index (χ0n) is 18.9. The Morgan fingerprint density at radius 2 is 1.91 bits per heavy atom. The van der Waals surface area contributed by atoms with E-state index in [9.17, 15) is 0 Å². The summed E-state index contributed by atoms with van der Waals surface area (Å²) in [5, 5.41) is 1.39. The minimum atomic E-state index is 0.0557. The molecule has 0 N–H and O–H groups in total. The highest BCUT2D eigenvalue weighted by Gasteiger charge is 2.35. The molecule has 6 heteroatoms. The van der Waals surface area contributed by atoms with Gasteiger partial charge in [-0.05, 0) is 53.6 Å². The average Bonchev–Trinajstić information content (AvgIpc) is 2.80. The van der Waals surface area contributed by atoms with Gasteiger partial charge in [-0.1, -0.05) is 55.2 Å². The van der Waals surface area contributed by atoms with Gasteiger partial charge >= 0.3 is 0 Å². The standard InChI is InChI=1S/C26H33Cl2NO3/c1-18(2)24-15-20(23-7-6-21(27)16-25(23)28)17-32-26(24)19-4-3-5-22(14-19)31-13-10-29-8-11-30-12-9-29/h3-7,14,16,18,20,24,26H,8-13,15,17H2,1-2H3/t20-,24-,26-/m0/s1. The molecule has 0 aliphatic carbocycles. The number of hydrogen-bond acceptors (Lipinski definition) is 4. The van der Waals surface area contributed by atoms with E-state index in [0.29, 0.717) is 30.1 Å². The van der Waals surface area contributed by atoms with E-state index in [1.807, 2.05) is 24.3 Å². The van der Waals surface area contributed by atoms with Crippen LogP contribution in [0.15, 0.2) is 42.5 Å². The smallest absolute Gasteiger partial charge is 0.119 e. The molecule has 0 unspecified atom stereocenters. The third kappa shape index (κ3) is 5.98. The minimum absolute atomic E-state index is 0.0557. The molecule has 0 amide bonds. The Hall–Kier alpha value is -1.30. The van der Waals surface area contributed by atoms with Gasteiger partial charge in [-0.25, -0.2) is 0 Å². The van der Waals surface area contributed by atoms with Crippen molar-refractivity contribution in [2.45, 2.75) is 32.3 Å². The molecule has 4 nitrogen and oxygen atoms in total. The summed E-state index contributed by atoms with van der Waals surface area (Å²) in [5.41, 5.74) is 2.31. The molecule has 3 atom stereocenters. The van der Waals surface area contributed by atoms with E-state index in [-0.39, 0.29) is 12.0 Å². The molecule has 2 fully saturated rings. The molecule has 0 radical (unpaired) electrons. The van der Waals surface area contributed by atoms with Gasteiger partial charge in [0.1, 0.15) is 12.4 Å². The molecule has 2 aromatic carbocycles. The number of hydrogen-bond donors (Lipinski definition) is 0. The van der Waals surface area contributed by atoms with Gasteiger partial charge in [-0.3, -0.25) is 4.90 Å². The monoisotopic (exact) mass is 477 g/mol. The first-order valence-electron chi connectivity index (χ1n) is 11.6. The van der Waals surface area contributed by atoms with E-state index < -0.39 is 0 Å². The van der Waals surface area contributed by atoms with Crippen LogP contribution in [-0.2, 0) is 9.47 Å². The molecule has 0 saturated carbocycles. The Morgan fingerprint density at radius 1 is 1.09 bits per heavy atom. The zero-order chi connectivity index (χ0) is 22.5. The maximum atomic E-state index is 6.50. The molecule has 0 spiro atoms. The highest BCUT2D eigenvalue weighted by atomic mass is 35.5. The van der Waals surface area contributed by atoms with Crippen molar-refractivity contribution >= 4 is 23.2 Å². The van der Waals surface area contributed by atoms with Crippen LogP contribution in [0, 0.1) is 11.8 Å². The predicted octanol–water partition coefficient (Wildman–Crippen LogP) is 6.22. The van der Waals surface area contributed by atoms with Crippen molar-refractivity contribution in [2.75, 3.05) is 46.1 Å². The largest absolute Gasteiger partial charge is 0.492 e. The Kier molecular flexibility index (Phi) is 8.36. The summed E-state index contributed by atoms with van der Waals surface area (Å²) < 4.78 is 18.0. The molecule has 4 rings (SSSR count). The lowest BCUT2D eigenvalue weighted by molar-refractivity contribution is -0.0552. The highest BCUT2D eigenvalue weighted by molar-refractivity contribution is 6.35. The lowest BCUT2D eigenvalue weighted by atomic mass is 9.76. The first-order chi connectivity index (χ1) is 15.5. The van der Waals surface area contributed by atoms with Crippen molar-refractivity contribution < 1.29 is 14.2 Å². The van der Waals surface area contributed by atoms with Gasteiger partial charge < -0.3 is 14.2 Å². The molecule has 0 aromatic heterocycles. The summed E-state index contributed by atoms with van der Waals surface area (Å²) in [7, 11) is 0. The maximum absolute atomic E-state index is 6.50. The number of halogens is 2. The average molecular weight is 478 g/mol. The summed E-state index contributed by atoms with van der Waals surface area (Å²) in [4.78, 5) is 2.38. The minimum Gasteiger partial charge on any atom is -0.492 e. The predicted molar refractivity (Wildman–Crippen MR) is 130 cm³/mol. The number of rotatable bonds is 7. The van der Waals surface area contributed by atoms with Crippen LogP contribution >= 0.6 is 23.2 Å². The quantitative estimate of drug-likeness (QED) is 0.473. The summed E-state index contributed by atoms with van der Waals surface area (Å²) in [6.07, 6.45) is 1.09. The normalized spacial score (nSPS) is 24.6. The SMILES string of the molecule is CC(C)[C@@H]1C[C@H](c2ccc(Cl)cc2Cl)CO[C@H]1c1cccc(OCCN2CCOCC2)c1. The van der Waals surface area contributed by atoms with Crippen molar-refractivity contribution in [3.05, 3.63) is 63.6 Å². The van der Waals surface area contributed by atoms with Crippen LogP contribution in [0.3, 0.4) is 0 Å². The Labute approximate surface area is 201 Å². The van der Waals surface area contributed by atoms with Crippen LogP contribution in [-0.4, -0.2) is 51.0 Å². The van der Waals surface area contributed by atoms with Gasteiger partial charge in [-0.15, -0.1) is 0 Å². The Bertz CT molecular complexity index is 885. The number of ether oxygens (including phenoxy) is 3. The molecule has 2 heterocycles. The molecule has 2 aromatic rings. The number of morpholine rings is 1. The molecule has 2 aliphatic rings. The van der Waals surface area contributed by atoms with Crippen molar-refractivity contribution in [2.24, 2.45) is 11.8 Å². The summed E-state index contributed by atoms with van der Waals surface area (Å²) in [6.45, 7) is 10.4. The fraction of sp³-hybridized carbons (Fsp3) is 0.538. The number of nitrogens with zero attached hydrogens (tertiary/aromatic N) is 1. The summed E-state index contributed by atoms with van der Waals surface area (Å²) in [5.74, 6) is 2.06. The fourth-order valence-corrected chi connectivity index (χ4v) is 5.34. The highest BCUT2D eigenvalue weighted by Crippen LogP contribution is 2.45. The maximum Gasteiger partial charge on any atom is 0.119 e. The topological polar surface area (TPSA) is 30.9 Å². The molecule has 174 valence electrons. The van der Waals surface area contributed by atoms with Gasteiger partial charge in [0.25, 0.3) is 0 Å². The van der Waals surface area contributed by atoms with Crippen molar-refractivity contribution in [1.82, 2.24) is 4.90 Å². The third-order valence-corrected chi connectivity index (χ3v) is 7.21. The second-order valence-corrected chi connectivity index (χ2v) is 9.98. The van der Waals surface area contributed by atoms with Gasteiger partial charge in [0, 0.05) is 35.6 Å². The van der Waals surface area contributed by atoms with E-state index in [0.717, 1.165) is 55.6 Å². The third-order valence-electron chi connectivity index (χ3n) is 6.65. The van der Waals surface area contributed by atoms with Crippen molar-refractivity contribution in [3.63, 3.8) is 0 Å². The van der Waals surface area contributed by atoms with Crippen LogP contribution in [0.1, 0.15) is 43.4 Å². The number of benzene rings is 2. The van der Waals surface area contributed by atoms with Gasteiger partial charge in [-0.2, -0.15) is 0 Å². The summed E-state index contributed by atoms with van der Waals surface area (Å²) in [6, 6.07) is 14.2. The first kappa shape index (κ1) is 23.8. The molecule has 2 saturated heterocycles. The molecule has 0 bridgehead atoms. The Morgan fingerprint density at radius 3 is 2.66 bits per heavy atom. The second-order valence-electron chi connectivity index (χ2n) is 9.14. The van der Waals surface area contributed by atoms with E-state index in [1.165, 1.54) is 5.56 Å². The molecular formula is C26H33Cl2NO3. The van der Waals surface area contributed by atoms with Gasteiger partial charge in [0.2, 0.25) is 0 Å². The second kappa shape index (κ2) is 11.2. The summed E-state index contributed by atoms with van der Waals surface area (Å²) >= 11 is 12.6. The van der Waals surface area contributed by atoms with E-state index in [4.69, 9.17) is 37.4 Å². The molecule has 32 heavy (non-hydrogen) atoms. The van der Waals surface area contributed by atoms with Crippen LogP contribution in [0.4, 0.5) is 0 Å². The Balaban J connectivity index is 1.41. The van der Waals surface area contributed by atoms with Crippen LogP contribution in [0.5, 0.6) is 5.75 Å². The zero-order valence-corrected chi connectivity index (χ0v) is 20.4. The lowest BCUT2D eigenvalue weighted by Gasteiger charge is -2.39. The van der Waals surface area contributed by atoms with E-state index in [1.54, 1.807) is 0 Å². The molecule has 2 aliphatic heterocycles. The molecular weight excluding hydrogens is 445 g/mol. The lowest BCUT2D eigenvalue weighted by Crippen LogP contribution is -2.38. The van der Waals surface area contributed by atoms with Crippen LogP contribution in [0.2, 0.25) is 10.0 Å².